The van der Waals surface area contributed by atoms with Gasteiger partial charge in [-0.05, 0) is 30.2 Å². The topological polar surface area (TPSA) is 0 Å². The average molecular weight is 171 g/mol. The SMILES string of the molecule is C=CCc1cc(F)cc(Cl)c1. The molecule has 0 saturated carbocycles. The molecular weight excluding hydrogens is 163 g/mol. The summed E-state index contributed by atoms with van der Waals surface area (Å²) in [5, 5.41) is 0.432. The van der Waals surface area contributed by atoms with E-state index in [2.05, 4.69) is 6.58 Å². The Bertz CT molecular complexity index is 248. The van der Waals surface area contributed by atoms with Gasteiger partial charge >= 0.3 is 0 Å². The van der Waals surface area contributed by atoms with E-state index in [4.69, 9.17) is 11.6 Å². The second-order valence-corrected chi connectivity index (χ2v) is 2.71. The van der Waals surface area contributed by atoms with Gasteiger partial charge in [0, 0.05) is 5.02 Å². The Morgan fingerprint density at radius 3 is 2.73 bits per heavy atom. The molecule has 0 spiro atoms. The van der Waals surface area contributed by atoms with Crippen molar-refractivity contribution in [2.75, 3.05) is 0 Å². The highest BCUT2D eigenvalue weighted by molar-refractivity contribution is 6.30. The quantitative estimate of drug-likeness (QED) is 0.598. The van der Waals surface area contributed by atoms with Gasteiger partial charge < -0.3 is 0 Å². The fourth-order valence-electron chi connectivity index (χ4n) is 0.895. The summed E-state index contributed by atoms with van der Waals surface area (Å²) in [6, 6.07) is 4.47. The van der Waals surface area contributed by atoms with Crippen molar-refractivity contribution in [1.82, 2.24) is 0 Å². The van der Waals surface area contributed by atoms with Crippen LogP contribution in [0.25, 0.3) is 0 Å². The van der Waals surface area contributed by atoms with E-state index in [9.17, 15) is 4.39 Å². The van der Waals surface area contributed by atoms with Crippen LogP contribution in [0.15, 0.2) is 30.9 Å². The summed E-state index contributed by atoms with van der Waals surface area (Å²) in [7, 11) is 0. The molecule has 0 heterocycles. The summed E-state index contributed by atoms with van der Waals surface area (Å²) in [5.41, 5.74) is 0.852. The van der Waals surface area contributed by atoms with Crippen molar-refractivity contribution < 1.29 is 4.39 Å². The average Bonchev–Trinajstić information content (AvgIpc) is 1.85. The Balaban J connectivity index is 2.98. The summed E-state index contributed by atoms with van der Waals surface area (Å²) in [5.74, 6) is -0.297. The second-order valence-electron chi connectivity index (χ2n) is 2.27. The number of rotatable bonds is 2. The predicted octanol–water partition coefficient (Wildman–Crippen LogP) is 3.21. The Hall–Kier alpha value is -0.820. The minimum atomic E-state index is -0.297. The first kappa shape index (κ1) is 8.28. The fraction of sp³-hybridized carbons (Fsp3) is 0.111. The van der Waals surface area contributed by atoms with Crippen molar-refractivity contribution in [1.29, 1.82) is 0 Å². The monoisotopic (exact) mass is 170 g/mol. The second kappa shape index (κ2) is 3.54. The lowest BCUT2D eigenvalue weighted by Crippen LogP contribution is -1.82. The maximum Gasteiger partial charge on any atom is 0.124 e. The number of benzene rings is 1. The van der Waals surface area contributed by atoms with Gasteiger partial charge in [0.2, 0.25) is 0 Å². The molecule has 0 aliphatic rings. The highest BCUT2D eigenvalue weighted by Gasteiger charge is 1.96. The zero-order chi connectivity index (χ0) is 8.27. The van der Waals surface area contributed by atoms with Crippen LogP contribution in [0.4, 0.5) is 4.39 Å². The van der Waals surface area contributed by atoms with Crippen LogP contribution >= 0.6 is 11.6 Å². The molecule has 0 aliphatic heterocycles. The van der Waals surface area contributed by atoms with Crippen LogP contribution in [-0.4, -0.2) is 0 Å². The smallest absolute Gasteiger partial charge is 0.124 e. The van der Waals surface area contributed by atoms with Crippen LogP contribution < -0.4 is 0 Å². The molecule has 0 aliphatic carbocycles. The number of hydrogen-bond donors (Lipinski definition) is 0. The molecule has 0 amide bonds. The van der Waals surface area contributed by atoms with Crippen LogP contribution in [0.2, 0.25) is 5.02 Å². The summed E-state index contributed by atoms with van der Waals surface area (Å²) in [4.78, 5) is 0. The first-order valence-corrected chi connectivity index (χ1v) is 3.66. The van der Waals surface area contributed by atoms with Gasteiger partial charge in [0.15, 0.2) is 0 Å². The molecule has 1 aromatic rings. The van der Waals surface area contributed by atoms with Crippen LogP contribution in [0.5, 0.6) is 0 Å². The molecule has 0 N–H and O–H groups in total. The lowest BCUT2D eigenvalue weighted by atomic mass is 10.1. The Morgan fingerprint density at radius 1 is 1.45 bits per heavy atom. The van der Waals surface area contributed by atoms with Gasteiger partial charge in [-0.1, -0.05) is 17.7 Å². The van der Waals surface area contributed by atoms with Gasteiger partial charge in [-0.2, -0.15) is 0 Å². The molecule has 0 aromatic heterocycles. The van der Waals surface area contributed by atoms with E-state index >= 15 is 0 Å². The molecule has 0 unspecified atom stereocenters. The van der Waals surface area contributed by atoms with Crippen molar-refractivity contribution >= 4 is 11.6 Å². The highest BCUT2D eigenvalue weighted by atomic mass is 35.5. The van der Waals surface area contributed by atoms with E-state index < -0.39 is 0 Å². The van der Waals surface area contributed by atoms with E-state index in [1.165, 1.54) is 12.1 Å². The van der Waals surface area contributed by atoms with E-state index in [1.807, 2.05) is 0 Å². The van der Waals surface area contributed by atoms with Gasteiger partial charge in [0.25, 0.3) is 0 Å². The molecule has 0 atom stereocenters. The molecule has 11 heavy (non-hydrogen) atoms. The number of hydrogen-bond acceptors (Lipinski definition) is 0. The molecule has 0 radical (unpaired) electrons. The first-order chi connectivity index (χ1) is 5.22. The van der Waals surface area contributed by atoms with Crippen molar-refractivity contribution in [2.45, 2.75) is 6.42 Å². The summed E-state index contributed by atoms with van der Waals surface area (Å²) in [6.45, 7) is 3.55. The van der Waals surface area contributed by atoms with Crippen molar-refractivity contribution in [3.8, 4) is 0 Å². The molecule has 1 rings (SSSR count). The normalized spacial score (nSPS) is 9.64. The maximum absolute atomic E-state index is 12.6. The Morgan fingerprint density at radius 2 is 2.18 bits per heavy atom. The third kappa shape index (κ3) is 2.35. The highest BCUT2D eigenvalue weighted by Crippen LogP contribution is 2.14. The molecule has 1 aromatic carbocycles. The lowest BCUT2D eigenvalue weighted by Gasteiger charge is -1.97. The minimum Gasteiger partial charge on any atom is -0.207 e. The van der Waals surface area contributed by atoms with Crippen molar-refractivity contribution in [2.24, 2.45) is 0 Å². The van der Waals surface area contributed by atoms with Gasteiger partial charge in [-0.25, -0.2) is 4.39 Å². The molecule has 0 bridgehead atoms. The van der Waals surface area contributed by atoms with Crippen LogP contribution in [-0.2, 0) is 6.42 Å². The molecule has 0 nitrogen and oxygen atoms in total. The third-order valence-electron chi connectivity index (χ3n) is 1.30. The zero-order valence-electron chi connectivity index (χ0n) is 5.98. The van der Waals surface area contributed by atoms with Crippen molar-refractivity contribution in [3.05, 3.63) is 47.3 Å². The van der Waals surface area contributed by atoms with Crippen LogP contribution in [0.3, 0.4) is 0 Å². The number of allylic oxidation sites excluding steroid dienone is 1. The van der Waals surface area contributed by atoms with Gasteiger partial charge in [0.1, 0.15) is 5.82 Å². The van der Waals surface area contributed by atoms with E-state index in [0.717, 1.165) is 5.56 Å². The van der Waals surface area contributed by atoms with Crippen LogP contribution in [0.1, 0.15) is 5.56 Å². The number of halogens is 2. The summed E-state index contributed by atoms with van der Waals surface area (Å²) in [6.07, 6.45) is 2.36. The van der Waals surface area contributed by atoms with Gasteiger partial charge in [0.05, 0.1) is 0 Å². The molecule has 58 valence electrons. The standard InChI is InChI=1S/C9H8ClF/c1-2-3-7-4-8(10)6-9(11)5-7/h2,4-6H,1,3H2. The first-order valence-electron chi connectivity index (χ1n) is 3.28. The molecule has 0 fully saturated rings. The Kier molecular flexibility index (Phi) is 2.66. The van der Waals surface area contributed by atoms with Gasteiger partial charge in [-0.15, -0.1) is 6.58 Å². The largest absolute Gasteiger partial charge is 0.207 e. The lowest BCUT2D eigenvalue weighted by molar-refractivity contribution is 0.626. The van der Waals surface area contributed by atoms with Crippen molar-refractivity contribution in [3.63, 3.8) is 0 Å². The third-order valence-corrected chi connectivity index (χ3v) is 1.52. The maximum atomic E-state index is 12.6. The van der Waals surface area contributed by atoms with Crippen LogP contribution in [0, 0.1) is 5.82 Å². The van der Waals surface area contributed by atoms with E-state index in [1.54, 1.807) is 12.1 Å². The fourth-order valence-corrected chi connectivity index (χ4v) is 1.14. The molecule has 0 saturated heterocycles. The van der Waals surface area contributed by atoms with E-state index in [-0.39, 0.29) is 5.82 Å². The Labute approximate surface area is 70.3 Å². The van der Waals surface area contributed by atoms with E-state index in [0.29, 0.717) is 11.4 Å². The molecular formula is C9H8ClF. The molecule has 2 heteroatoms. The zero-order valence-corrected chi connectivity index (χ0v) is 6.74. The predicted molar refractivity (Wildman–Crippen MR) is 45.3 cm³/mol. The summed E-state index contributed by atoms with van der Waals surface area (Å²) < 4.78 is 12.6. The minimum absolute atomic E-state index is 0.297. The van der Waals surface area contributed by atoms with Gasteiger partial charge in [-0.3, -0.25) is 0 Å². The summed E-state index contributed by atoms with van der Waals surface area (Å²) >= 11 is 5.61.